The van der Waals surface area contributed by atoms with Gasteiger partial charge in [0.2, 0.25) is 5.91 Å². The van der Waals surface area contributed by atoms with E-state index in [1.807, 2.05) is 12.1 Å². The van der Waals surface area contributed by atoms with Crippen LogP contribution in [-0.2, 0) is 9.59 Å². The molecule has 1 aliphatic heterocycles. The van der Waals surface area contributed by atoms with Gasteiger partial charge in [-0.15, -0.1) is 0 Å². The van der Waals surface area contributed by atoms with Gasteiger partial charge in [-0.05, 0) is 29.8 Å². The average Bonchev–Trinajstić information content (AvgIpc) is 3.22. The number of furan rings is 1. The fraction of sp³-hybridized carbons (Fsp3) is 0.235. The van der Waals surface area contributed by atoms with E-state index < -0.39 is 5.97 Å². The van der Waals surface area contributed by atoms with Crippen LogP contribution in [0, 0.1) is 0 Å². The van der Waals surface area contributed by atoms with Crippen LogP contribution in [0.15, 0.2) is 52.2 Å². The molecule has 0 aliphatic carbocycles. The van der Waals surface area contributed by atoms with Crippen molar-refractivity contribution in [3.05, 3.63) is 59.0 Å². The van der Waals surface area contributed by atoms with Crippen LogP contribution >= 0.6 is 11.6 Å². The molecule has 1 aliphatic rings. The van der Waals surface area contributed by atoms with Gasteiger partial charge in [0.15, 0.2) is 0 Å². The third kappa shape index (κ3) is 3.49. The van der Waals surface area contributed by atoms with Crippen LogP contribution in [0.25, 0.3) is 0 Å². The van der Waals surface area contributed by atoms with Crippen molar-refractivity contribution in [2.24, 2.45) is 5.10 Å². The molecule has 1 aromatic heterocycles. The molecule has 0 saturated carbocycles. The minimum atomic E-state index is -1.01. The highest BCUT2D eigenvalue weighted by Crippen LogP contribution is 2.33. The van der Waals surface area contributed by atoms with Gasteiger partial charge in [0.05, 0.1) is 18.4 Å². The molecule has 0 radical (unpaired) electrons. The highest BCUT2D eigenvalue weighted by molar-refractivity contribution is 6.30. The molecule has 3 rings (SSSR count). The number of halogens is 1. The van der Waals surface area contributed by atoms with Gasteiger partial charge in [-0.3, -0.25) is 9.59 Å². The summed E-state index contributed by atoms with van der Waals surface area (Å²) in [4.78, 5) is 23.1. The van der Waals surface area contributed by atoms with Gasteiger partial charge in [-0.2, -0.15) is 5.10 Å². The Morgan fingerprint density at radius 3 is 2.62 bits per heavy atom. The van der Waals surface area contributed by atoms with Gasteiger partial charge in [-0.25, -0.2) is 5.01 Å². The second kappa shape index (κ2) is 6.88. The quantitative estimate of drug-likeness (QED) is 0.898. The molecule has 2 aromatic rings. The molecule has 0 fully saturated rings. The molecule has 1 amide bonds. The zero-order valence-electron chi connectivity index (χ0n) is 12.7. The summed E-state index contributed by atoms with van der Waals surface area (Å²) in [6.45, 7) is 0. The number of carboxylic acids is 1. The van der Waals surface area contributed by atoms with Crippen molar-refractivity contribution in [3.63, 3.8) is 0 Å². The van der Waals surface area contributed by atoms with Crippen LogP contribution in [-0.4, -0.2) is 27.7 Å². The highest BCUT2D eigenvalue weighted by Gasteiger charge is 2.34. The van der Waals surface area contributed by atoms with E-state index in [-0.39, 0.29) is 24.8 Å². The number of amides is 1. The third-order valence-corrected chi connectivity index (χ3v) is 4.02. The van der Waals surface area contributed by atoms with E-state index in [4.69, 9.17) is 21.1 Å². The largest absolute Gasteiger partial charge is 0.481 e. The lowest BCUT2D eigenvalue weighted by Crippen LogP contribution is -2.27. The zero-order valence-corrected chi connectivity index (χ0v) is 13.4. The number of hydrogen-bond acceptors (Lipinski definition) is 4. The van der Waals surface area contributed by atoms with Crippen LogP contribution in [0.2, 0.25) is 5.02 Å². The molecule has 0 unspecified atom stereocenters. The van der Waals surface area contributed by atoms with Crippen molar-refractivity contribution in [1.82, 2.24) is 5.01 Å². The lowest BCUT2D eigenvalue weighted by molar-refractivity contribution is -0.141. The SMILES string of the molecule is O=C(O)CCC(=O)N1N=C(c2ccc(Cl)cc2)C[C@@H]1c1ccco1. The normalized spacial score (nSPS) is 17.0. The topological polar surface area (TPSA) is 83.1 Å². The summed E-state index contributed by atoms with van der Waals surface area (Å²) in [6.07, 6.45) is 1.69. The predicted octanol–water partition coefficient (Wildman–Crippen LogP) is 3.48. The molecular formula is C17H15ClN2O4. The first-order valence-corrected chi connectivity index (χ1v) is 7.83. The van der Waals surface area contributed by atoms with Crippen LogP contribution in [0.3, 0.4) is 0 Å². The Balaban J connectivity index is 1.86. The van der Waals surface area contributed by atoms with Crippen molar-refractivity contribution < 1.29 is 19.1 Å². The summed E-state index contributed by atoms with van der Waals surface area (Å²) in [5.41, 5.74) is 1.60. The van der Waals surface area contributed by atoms with Gasteiger partial charge < -0.3 is 9.52 Å². The Kier molecular flexibility index (Phi) is 4.66. The predicted molar refractivity (Wildman–Crippen MR) is 87.8 cm³/mol. The summed E-state index contributed by atoms with van der Waals surface area (Å²) in [7, 11) is 0. The number of aliphatic carboxylic acids is 1. The van der Waals surface area contributed by atoms with Crippen molar-refractivity contribution in [1.29, 1.82) is 0 Å². The van der Waals surface area contributed by atoms with E-state index in [1.54, 1.807) is 24.3 Å². The van der Waals surface area contributed by atoms with E-state index in [0.29, 0.717) is 17.2 Å². The number of nitrogens with zero attached hydrogens (tertiary/aromatic N) is 2. The number of carboxylic acid groups (broad SMARTS) is 1. The third-order valence-electron chi connectivity index (χ3n) is 3.77. The number of carbonyl (C=O) groups is 2. The molecule has 0 bridgehead atoms. The number of hydrazone groups is 1. The molecule has 7 heteroatoms. The number of rotatable bonds is 5. The van der Waals surface area contributed by atoms with Gasteiger partial charge in [0.25, 0.3) is 0 Å². The van der Waals surface area contributed by atoms with Crippen LogP contribution in [0.4, 0.5) is 0 Å². The summed E-state index contributed by atoms with van der Waals surface area (Å²) in [6, 6.07) is 10.4. The standard InChI is InChI=1S/C17H15ClN2O4/c18-12-5-3-11(4-6-12)13-10-14(15-2-1-9-24-15)20(19-13)16(21)7-8-17(22)23/h1-6,9,14H,7-8,10H2,(H,22,23)/t14-/m1/s1. The first-order valence-electron chi connectivity index (χ1n) is 7.45. The maximum atomic E-state index is 12.4. The lowest BCUT2D eigenvalue weighted by Gasteiger charge is -2.19. The second-order valence-corrected chi connectivity index (χ2v) is 5.86. The van der Waals surface area contributed by atoms with Gasteiger partial charge >= 0.3 is 5.97 Å². The van der Waals surface area contributed by atoms with Crippen LogP contribution in [0.5, 0.6) is 0 Å². The average molecular weight is 347 g/mol. The smallest absolute Gasteiger partial charge is 0.303 e. The van der Waals surface area contributed by atoms with Crippen molar-refractivity contribution in [3.8, 4) is 0 Å². The molecule has 1 N–H and O–H groups in total. The molecule has 1 atom stereocenters. The molecule has 6 nitrogen and oxygen atoms in total. The number of carbonyl (C=O) groups excluding carboxylic acids is 1. The van der Waals surface area contributed by atoms with Crippen molar-refractivity contribution >= 4 is 29.2 Å². The van der Waals surface area contributed by atoms with Crippen molar-refractivity contribution in [2.45, 2.75) is 25.3 Å². The first kappa shape index (κ1) is 16.3. The summed E-state index contributed by atoms with van der Waals surface area (Å²) >= 11 is 5.90. The Morgan fingerprint density at radius 1 is 1.25 bits per heavy atom. The van der Waals surface area contributed by atoms with E-state index in [2.05, 4.69) is 5.10 Å². The van der Waals surface area contributed by atoms with Crippen LogP contribution in [0.1, 0.15) is 36.6 Å². The minimum absolute atomic E-state index is 0.107. The number of hydrogen-bond donors (Lipinski definition) is 1. The number of benzene rings is 1. The monoisotopic (exact) mass is 346 g/mol. The molecule has 24 heavy (non-hydrogen) atoms. The molecular weight excluding hydrogens is 332 g/mol. The Bertz CT molecular complexity index is 768. The fourth-order valence-electron chi connectivity index (χ4n) is 2.59. The lowest BCUT2D eigenvalue weighted by atomic mass is 10.0. The van der Waals surface area contributed by atoms with Gasteiger partial charge in [0.1, 0.15) is 11.8 Å². The van der Waals surface area contributed by atoms with Gasteiger partial charge in [0, 0.05) is 17.9 Å². The molecule has 0 spiro atoms. The van der Waals surface area contributed by atoms with Crippen LogP contribution < -0.4 is 0 Å². The fourth-order valence-corrected chi connectivity index (χ4v) is 2.71. The molecule has 0 saturated heterocycles. The first-order chi connectivity index (χ1) is 11.5. The molecule has 1 aromatic carbocycles. The molecule has 124 valence electrons. The van der Waals surface area contributed by atoms with Crippen molar-refractivity contribution in [2.75, 3.05) is 0 Å². The Morgan fingerprint density at radius 2 is 2.00 bits per heavy atom. The molecule has 2 heterocycles. The summed E-state index contributed by atoms with van der Waals surface area (Å²) in [5, 5.41) is 15.1. The zero-order chi connectivity index (χ0) is 17.1. The van der Waals surface area contributed by atoms with E-state index in [9.17, 15) is 9.59 Å². The second-order valence-electron chi connectivity index (χ2n) is 5.42. The summed E-state index contributed by atoms with van der Waals surface area (Å²) in [5.74, 6) is -0.742. The van der Waals surface area contributed by atoms with Gasteiger partial charge in [-0.1, -0.05) is 23.7 Å². The highest BCUT2D eigenvalue weighted by atomic mass is 35.5. The maximum Gasteiger partial charge on any atom is 0.303 e. The Hall–Kier alpha value is -2.60. The van der Waals surface area contributed by atoms with E-state index >= 15 is 0 Å². The Labute approximate surface area is 143 Å². The maximum absolute atomic E-state index is 12.4. The van der Waals surface area contributed by atoms with E-state index in [1.165, 1.54) is 11.3 Å². The van der Waals surface area contributed by atoms with E-state index in [0.717, 1.165) is 11.3 Å². The summed E-state index contributed by atoms with van der Waals surface area (Å²) < 4.78 is 5.42. The minimum Gasteiger partial charge on any atom is -0.481 e.